The number of carbonyl (C=O) groups excluding carboxylic acids is 4. The van der Waals surface area contributed by atoms with Crippen LogP contribution >= 0.6 is 0 Å². The molecule has 4 aliphatic rings. The van der Waals surface area contributed by atoms with Gasteiger partial charge in [-0.3, -0.25) is 14.1 Å². The summed E-state index contributed by atoms with van der Waals surface area (Å²) in [5.41, 5.74) is -3.90. The molecule has 0 aromatic rings. The van der Waals surface area contributed by atoms with Crippen LogP contribution in [0.2, 0.25) is 0 Å². The number of ether oxygens (including phenoxy) is 6. The predicted octanol–water partition coefficient (Wildman–Crippen LogP) is 0.557. The first-order valence-corrected chi connectivity index (χ1v) is 12.1. The SMILES string of the molecule is COCOC(=O)C12CC3CC(OC(=O)COC(=O)C(F)(F)S(=O)(=O)O)(C1)CC(C(=O)OCOC)(C3)C2. The fraction of sp³-hybridized carbons (Fsp3) is 0.800. The molecule has 4 fully saturated rings. The second-order valence-electron chi connectivity index (χ2n) is 9.47. The van der Waals surface area contributed by atoms with Crippen molar-refractivity contribution >= 4 is 34.0 Å². The third kappa shape index (κ3) is 5.17. The Morgan fingerprint density at radius 1 is 0.889 bits per heavy atom. The lowest BCUT2D eigenvalue weighted by Gasteiger charge is -2.63. The van der Waals surface area contributed by atoms with E-state index in [2.05, 4.69) is 4.74 Å². The van der Waals surface area contributed by atoms with Gasteiger partial charge in [0.15, 0.2) is 20.2 Å². The van der Waals surface area contributed by atoms with E-state index in [0.29, 0.717) is 12.8 Å². The number of rotatable bonds is 11. The summed E-state index contributed by atoms with van der Waals surface area (Å²) in [5.74, 6) is -5.61. The monoisotopic (exact) mass is 544 g/mol. The van der Waals surface area contributed by atoms with Crippen LogP contribution in [0.1, 0.15) is 38.5 Å². The Kier molecular flexibility index (Phi) is 7.66. The molecular weight excluding hydrogens is 518 g/mol. The van der Waals surface area contributed by atoms with Crippen molar-refractivity contribution in [3.63, 3.8) is 0 Å². The van der Waals surface area contributed by atoms with Crippen LogP contribution in [0.3, 0.4) is 0 Å². The van der Waals surface area contributed by atoms with Gasteiger partial charge in [0, 0.05) is 27.1 Å². The Morgan fingerprint density at radius 2 is 1.39 bits per heavy atom. The van der Waals surface area contributed by atoms with Gasteiger partial charge in [0.1, 0.15) is 5.60 Å². The lowest BCUT2D eigenvalue weighted by atomic mass is 9.42. The number of esters is 4. The van der Waals surface area contributed by atoms with Gasteiger partial charge in [-0.15, -0.1) is 0 Å². The number of halogens is 2. The molecule has 16 heteroatoms. The third-order valence-electron chi connectivity index (χ3n) is 6.71. The largest absolute Gasteiger partial charge is 0.465 e. The lowest BCUT2D eigenvalue weighted by molar-refractivity contribution is -0.241. The maximum atomic E-state index is 13.4. The molecule has 4 bridgehead atoms. The van der Waals surface area contributed by atoms with E-state index in [9.17, 15) is 36.4 Å². The van der Waals surface area contributed by atoms with Gasteiger partial charge in [0.25, 0.3) is 0 Å². The van der Waals surface area contributed by atoms with Gasteiger partial charge in [-0.25, -0.2) is 9.59 Å². The molecule has 13 nitrogen and oxygen atoms in total. The van der Waals surface area contributed by atoms with E-state index in [1.165, 1.54) is 14.2 Å². The zero-order chi connectivity index (χ0) is 27.0. The van der Waals surface area contributed by atoms with Crippen LogP contribution in [0.25, 0.3) is 0 Å². The zero-order valence-electron chi connectivity index (χ0n) is 19.5. The van der Waals surface area contributed by atoms with E-state index in [-0.39, 0.29) is 45.2 Å². The topological polar surface area (TPSA) is 178 Å². The van der Waals surface area contributed by atoms with Crippen LogP contribution in [-0.4, -0.2) is 82.1 Å². The van der Waals surface area contributed by atoms with Gasteiger partial charge in [0.2, 0.25) is 0 Å². The molecule has 2 atom stereocenters. The van der Waals surface area contributed by atoms with Gasteiger partial charge in [-0.1, -0.05) is 0 Å². The minimum Gasteiger partial charge on any atom is -0.456 e. The molecule has 0 amide bonds. The van der Waals surface area contributed by atoms with Gasteiger partial charge >= 0.3 is 39.2 Å². The molecule has 1 N–H and O–H groups in total. The minimum atomic E-state index is -6.13. The Hall–Kier alpha value is -2.43. The molecule has 2 unspecified atom stereocenters. The van der Waals surface area contributed by atoms with E-state index in [4.69, 9.17) is 28.2 Å². The number of methoxy groups -OCH3 is 2. The Morgan fingerprint density at radius 3 is 1.83 bits per heavy atom. The molecular formula is C20H26F2O13S. The van der Waals surface area contributed by atoms with Crippen LogP contribution in [0.4, 0.5) is 8.78 Å². The van der Waals surface area contributed by atoms with Crippen molar-refractivity contribution < 1.29 is 69.4 Å². The molecule has 0 radical (unpaired) electrons. The average Bonchev–Trinajstić information content (AvgIpc) is 2.77. The Bertz CT molecular complexity index is 991. The van der Waals surface area contributed by atoms with Crippen molar-refractivity contribution in [1.82, 2.24) is 0 Å². The zero-order valence-corrected chi connectivity index (χ0v) is 20.3. The second-order valence-corrected chi connectivity index (χ2v) is 10.9. The van der Waals surface area contributed by atoms with E-state index < -0.39 is 62.3 Å². The molecule has 4 rings (SSSR count). The fourth-order valence-corrected chi connectivity index (χ4v) is 6.30. The summed E-state index contributed by atoms with van der Waals surface area (Å²) < 4.78 is 86.1. The molecule has 36 heavy (non-hydrogen) atoms. The molecule has 0 heterocycles. The molecule has 0 aromatic heterocycles. The maximum absolute atomic E-state index is 13.4. The van der Waals surface area contributed by atoms with Crippen molar-refractivity contribution in [2.24, 2.45) is 16.7 Å². The number of hydrogen-bond donors (Lipinski definition) is 1. The summed E-state index contributed by atoms with van der Waals surface area (Å²) >= 11 is 0. The maximum Gasteiger partial charge on any atom is 0.465 e. The van der Waals surface area contributed by atoms with Crippen molar-refractivity contribution in [3.8, 4) is 0 Å². The molecule has 0 saturated heterocycles. The first-order valence-electron chi connectivity index (χ1n) is 10.7. The lowest BCUT2D eigenvalue weighted by Crippen LogP contribution is -2.66. The van der Waals surface area contributed by atoms with Crippen LogP contribution in [0.15, 0.2) is 0 Å². The van der Waals surface area contributed by atoms with Crippen molar-refractivity contribution in [2.75, 3.05) is 34.4 Å². The normalized spacial score (nSPS) is 31.0. The molecule has 0 aromatic carbocycles. The van der Waals surface area contributed by atoms with Gasteiger partial charge in [0.05, 0.1) is 10.8 Å². The summed E-state index contributed by atoms with van der Waals surface area (Å²) in [5, 5.41) is -5.29. The first-order chi connectivity index (χ1) is 16.6. The van der Waals surface area contributed by atoms with Crippen LogP contribution in [-0.2, 0) is 57.7 Å². The fourth-order valence-electron chi connectivity index (χ4n) is 6.03. The average molecular weight is 544 g/mol. The van der Waals surface area contributed by atoms with Crippen LogP contribution < -0.4 is 0 Å². The molecule has 4 aliphatic carbocycles. The number of carbonyl (C=O) groups is 4. The number of hydrogen-bond acceptors (Lipinski definition) is 12. The smallest absolute Gasteiger partial charge is 0.456 e. The summed E-state index contributed by atoms with van der Waals surface area (Å²) in [7, 11) is -3.50. The summed E-state index contributed by atoms with van der Waals surface area (Å²) in [6.45, 7) is -2.10. The van der Waals surface area contributed by atoms with Gasteiger partial charge in [-0.2, -0.15) is 17.2 Å². The summed E-state index contributed by atoms with van der Waals surface area (Å²) in [6, 6.07) is 0. The highest BCUT2D eigenvalue weighted by atomic mass is 32.2. The number of alkyl halides is 2. The molecule has 0 spiro atoms. The highest BCUT2D eigenvalue weighted by molar-refractivity contribution is 7.87. The summed E-state index contributed by atoms with van der Waals surface area (Å²) in [6.07, 6.45) is 0.842. The highest BCUT2D eigenvalue weighted by Crippen LogP contribution is 2.68. The third-order valence-corrected chi connectivity index (χ3v) is 7.53. The van der Waals surface area contributed by atoms with Crippen molar-refractivity contribution in [3.05, 3.63) is 0 Å². The Labute approximate surface area is 204 Å². The Balaban J connectivity index is 1.82. The van der Waals surface area contributed by atoms with Crippen LogP contribution in [0, 0.1) is 16.7 Å². The summed E-state index contributed by atoms with van der Waals surface area (Å²) in [4.78, 5) is 49.9. The standard InChI is InChI=1S/C20H26F2O13S/c1-30-10-33-14(24)17-3-12-4-18(7-17,15(25)34-11-31-2)9-19(5-12,8-17)35-13(23)6-32-16(26)20(21,22)36(27,28)29/h12H,3-11H2,1-2H3,(H,27,28,29). The highest BCUT2D eigenvalue weighted by Gasteiger charge is 2.70. The van der Waals surface area contributed by atoms with E-state index in [1.807, 2.05) is 0 Å². The first kappa shape index (κ1) is 28.1. The van der Waals surface area contributed by atoms with Crippen molar-refractivity contribution in [1.29, 1.82) is 0 Å². The second kappa shape index (κ2) is 9.79. The molecule has 0 aliphatic heterocycles. The minimum absolute atomic E-state index is 0.0520. The molecule has 204 valence electrons. The van der Waals surface area contributed by atoms with E-state index >= 15 is 0 Å². The van der Waals surface area contributed by atoms with E-state index in [1.54, 1.807) is 0 Å². The molecule has 4 saturated carbocycles. The van der Waals surface area contributed by atoms with Crippen LogP contribution in [0.5, 0.6) is 0 Å². The predicted molar refractivity (Wildman–Crippen MR) is 108 cm³/mol. The van der Waals surface area contributed by atoms with Crippen molar-refractivity contribution in [2.45, 2.75) is 49.4 Å². The van der Waals surface area contributed by atoms with Gasteiger partial charge in [-0.05, 0) is 31.6 Å². The quantitative estimate of drug-likeness (QED) is 0.165. The van der Waals surface area contributed by atoms with E-state index in [0.717, 1.165) is 0 Å². The van der Waals surface area contributed by atoms with Gasteiger partial charge < -0.3 is 28.4 Å².